The SMILES string of the molecule is Cc1nc(=S)cc(NCCOCCO)[nH]1. The van der Waals surface area contributed by atoms with Gasteiger partial charge in [-0.3, -0.25) is 0 Å². The molecule has 0 radical (unpaired) electrons. The average Bonchev–Trinajstić information content (AvgIpc) is 2.16. The predicted molar refractivity (Wildman–Crippen MR) is 60.6 cm³/mol. The quantitative estimate of drug-likeness (QED) is 0.499. The molecular weight excluding hydrogens is 214 g/mol. The molecule has 5 nitrogen and oxygen atoms in total. The summed E-state index contributed by atoms with van der Waals surface area (Å²) < 4.78 is 5.66. The first-order valence-corrected chi connectivity index (χ1v) is 5.13. The summed E-state index contributed by atoms with van der Waals surface area (Å²) in [7, 11) is 0. The van der Waals surface area contributed by atoms with Crippen LogP contribution >= 0.6 is 12.2 Å². The first kappa shape index (κ1) is 12.1. The van der Waals surface area contributed by atoms with Gasteiger partial charge in [0.15, 0.2) is 0 Å². The molecule has 3 N–H and O–H groups in total. The lowest BCUT2D eigenvalue weighted by atomic mass is 10.5. The highest BCUT2D eigenvalue weighted by molar-refractivity contribution is 7.71. The van der Waals surface area contributed by atoms with Crippen LogP contribution in [0.15, 0.2) is 6.07 Å². The van der Waals surface area contributed by atoms with E-state index >= 15 is 0 Å². The number of ether oxygens (including phenoxy) is 1. The number of hydrogen-bond acceptors (Lipinski definition) is 5. The molecule has 0 atom stereocenters. The number of aliphatic hydroxyl groups is 1. The molecule has 0 bridgehead atoms. The molecule has 1 aromatic rings. The number of nitrogens with one attached hydrogen (secondary N) is 2. The molecule has 0 aliphatic heterocycles. The van der Waals surface area contributed by atoms with Crippen molar-refractivity contribution in [2.75, 3.05) is 31.7 Å². The molecule has 0 unspecified atom stereocenters. The van der Waals surface area contributed by atoms with Crippen molar-refractivity contribution in [3.8, 4) is 0 Å². The van der Waals surface area contributed by atoms with Crippen molar-refractivity contribution in [2.45, 2.75) is 6.92 Å². The maximum atomic E-state index is 8.48. The standard InChI is InChI=1S/C9H15N3O2S/c1-7-11-8(6-9(15)12-7)10-2-4-14-5-3-13/h6,13H,2-5H2,1H3,(H2,10,11,12,15). The molecule has 0 saturated carbocycles. The second-order valence-electron chi connectivity index (χ2n) is 2.98. The Hall–Kier alpha value is -0.980. The Balaban J connectivity index is 2.34. The lowest BCUT2D eigenvalue weighted by Gasteiger charge is -2.07. The summed E-state index contributed by atoms with van der Waals surface area (Å²) in [6.07, 6.45) is 0. The van der Waals surface area contributed by atoms with E-state index in [1.807, 2.05) is 6.92 Å². The van der Waals surface area contributed by atoms with Crippen LogP contribution in [0.3, 0.4) is 0 Å². The fourth-order valence-electron chi connectivity index (χ4n) is 1.10. The summed E-state index contributed by atoms with van der Waals surface area (Å²) >= 11 is 4.97. The van der Waals surface area contributed by atoms with Gasteiger partial charge in [0.05, 0.1) is 19.8 Å². The van der Waals surface area contributed by atoms with Crippen LogP contribution in [0, 0.1) is 11.6 Å². The predicted octanol–water partition coefficient (Wildman–Crippen LogP) is 0.868. The molecule has 6 heteroatoms. The van der Waals surface area contributed by atoms with Crippen LogP contribution in [0.1, 0.15) is 5.82 Å². The van der Waals surface area contributed by atoms with Gasteiger partial charge in [-0.1, -0.05) is 12.2 Å². The van der Waals surface area contributed by atoms with E-state index in [1.54, 1.807) is 6.07 Å². The van der Waals surface area contributed by atoms with Gasteiger partial charge in [-0.15, -0.1) is 0 Å². The summed E-state index contributed by atoms with van der Waals surface area (Å²) in [5.41, 5.74) is 0. The first-order valence-electron chi connectivity index (χ1n) is 4.73. The van der Waals surface area contributed by atoms with E-state index in [9.17, 15) is 0 Å². The Morgan fingerprint density at radius 3 is 3.07 bits per heavy atom. The Labute approximate surface area is 93.5 Å². The topological polar surface area (TPSA) is 70.2 Å². The minimum Gasteiger partial charge on any atom is -0.394 e. The molecule has 0 aliphatic rings. The molecule has 1 rings (SSSR count). The number of hydrogen-bond donors (Lipinski definition) is 3. The van der Waals surface area contributed by atoms with Gasteiger partial charge in [0.2, 0.25) is 0 Å². The highest BCUT2D eigenvalue weighted by atomic mass is 32.1. The largest absolute Gasteiger partial charge is 0.394 e. The highest BCUT2D eigenvalue weighted by Crippen LogP contribution is 2.02. The van der Waals surface area contributed by atoms with Crippen molar-refractivity contribution in [3.05, 3.63) is 16.5 Å². The number of aryl methyl sites for hydroxylation is 1. The van der Waals surface area contributed by atoms with Crippen LogP contribution in [0.5, 0.6) is 0 Å². The zero-order valence-corrected chi connectivity index (χ0v) is 9.43. The Bertz CT molecular complexity index is 353. The molecule has 84 valence electrons. The smallest absolute Gasteiger partial charge is 0.131 e. The minimum absolute atomic E-state index is 0.0524. The summed E-state index contributed by atoms with van der Waals surface area (Å²) in [6.45, 7) is 3.48. The molecule has 0 aliphatic carbocycles. The van der Waals surface area contributed by atoms with Crippen molar-refractivity contribution in [2.24, 2.45) is 0 Å². The Morgan fingerprint density at radius 2 is 2.40 bits per heavy atom. The van der Waals surface area contributed by atoms with E-state index < -0.39 is 0 Å². The lowest BCUT2D eigenvalue weighted by Crippen LogP contribution is -2.12. The highest BCUT2D eigenvalue weighted by Gasteiger charge is 1.94. The van der Waals surface area contributed by atoms with Crippen molar-refractivity contribution in [3.63, 3.8) is 0 Å². The van der Waals surface area contributed by atoms with Gasteiger partial charge in [0.25, 0.3) is 0 Å². The molecule has 0 saturated heterocycles. The molecule has 0 aromatic carbocycles. The Kier molecular flexibility index (Phi) is 5.23. The van der Waals surface area contributed by atoms with E-state index in [0.717, 1.165) is 11.6 Å². The van der Waals surface area contributed by atoms with Gasteiger partial charge >= 0.3 is 0 Å². The van der Waals surface area contributed by atoms with Crippen LogP contribution in [-0.4, -0.2) is 41.4 Å². The summed E-state index contributed by atoms with van der Waals surface area (Å²) in [5, 5.41) is 11.6. The van der Waals surface area contributed by atoms with Crippen molar-refractivity contribution in [1.82, 2.24) is 9.97 Å². The third-order valence-corrected chi connectivity index (χ3v) is 1.87. The van der Waals surface area contributed by atoms with Gasteiger partial charge in [-0.2, -0.15) is 0 Å². The summed E-state index contributed by atoms with van der Waals surface area (Å²) in [4.78, 5) is 7.09. The second-order valence-corrected chi connectivity index (χ2v) is 3.40. The number of aromatic amines is 1. The maximum absolute atomic E-state index is 8.48. The number of rotatable bonds is 6. The van der Waals surface area contributed by atoms with E-state index in [-0.39, 0.29) is 6.61 Å². The van der Waals surface area contributed by atoms with E-state index in [2.05, 4.69) is 15.3 Å². The fraction of sp³-hybridized carbons (Fsp3) is 0.556. The van der Waals surface area contributed by atoms with E-state index in [4.69, 9.17) is 22.1 Å². The van der Waals surface area contributed by atoms with Crippen LogP contribution in [0.4, 0.5) is 5.82 Å². The zero-order chi connectivity index (χ0) is 11.1. The molecule has 1 heterocycles. The monoisotopic (exact) mass is 229 g/mol. The maximum Gasteiger partial charge on any atom is 0.131 e. The number of H-pyrrole nitrogens is 1. The van der Waals surface area contributed by atoms with Crippen LogP contribution in [0.25, 0.3) is 0 Å². The van der Waals surface area contributed by atoms with Crippen LogP contribution in [-0.2, 0) is 4.74 Å². The van der Waals surface area contributed by atoms with Crippen LogP contribution in [0.2, 0.25) is 0 Å². The molecule has 1 aromatic heterocycles. The first-order chi connectivity index (χ1) is 7.22. The lowest BCUT2D eigenvalue weighted by molar-refractivity contribution is 0.0992. The van der Waals surface area contributed by atoms with E-state index in [1.165, 1.54) is 0 Å². The normalized spacial score (nSPS) is 10.3. The molecule has 15 heavy (non-hydrogen) atoms. The number of nitrogens with zero attached hydrogens (tertiary/aromatic N) is 1. The Morgan fingerprint density at radius 1 is 1.60 bits per heavy atom. The second kappa shape index (κ2) is 6.49. The summed E-state index contributed by atoms with van der Waals surface area (Å²) in [5.74, 6) is 1.61. The molecule has 0 fully saturated rings. The van der Waals surface area contributed by atoms with Crippen molar-refractivity contribution in [1.29, 1.82) is 0 Å². The number of aliphatic hydroxyl groups excluding tert-OH is 1. The van der Waals surface area contributed by atoms with Crippen molar-refractivity contribution >= 4 is 18.0 Å². The third kappa shape index (κ3) is 4.87. The zero-order valence-electron chi connectivity index (χ0n) is 8.62. The number of anilines is 1. The number of aromatic nitrogens is 2. The van der Waals surface area contributed by atoms with Gasteiger partial charge in [-0.05, 0) is 6.92 Å². The molecule has 0 spiro atoms. The van der Waals surface area contributed by atoms with Gasteiger partial charge in [0, 0.05) is 12.6 Å². The van der Waals surface area contributed by atoms with Crippen molar-refractivity contribution < 1.29 is 9.84 Å². The van der Waals surface area contributed by atoms with Gasteiger partial charge in [0.1, 0.15) is 16.3 Å². The van der Waals surface area contributed by atoms with Crippen LogP contribution < -0.4 is 5.32 Å². The molecule has 0 amide bonds. The average molecular weight is 229 g/mol. The third-order valence-electron chi connectivity index (χ3n) is 1.66. The minimum atomic E-state index is 0.0524. The van der Waals surface area contributed by atoms with Gasteiger partial charge in [-0.25, -0.2) is 4.98 Å². The fourth-order valence-corrected chi connectivity index (χ4v) is 1.35. The molecular formula is C9H15N3O2S. The summed E-state index contributed by atoms with van der Waals surface area (Å²) in [6, 6.07) is 1.76. The van der Waals surface area contributed by atoms with E-state index in [0.29, 0.717) is 24.4 Å². The van der Waals surface area contributed by atoms with Gasteiger partial charge < -0.3 is 20.1 Å².